The third kappa shape index (κ3) is 4.46. The lowest BCUT2D eigenvalue weighted by Gasteiger charge is -2.06. The maximum Gasteiger partial charge on any atom is 0.129 e. The van der Waals surface area contributed by atoms with Crippen LogP contribution >= 0.6 is 11.6 Å². The number of benzene rings is 2. The zero-order valence-corrected chi connectivity index (χ0v) is 15.1. The van der Waals surface area contributed by atoms with Gasteiger partial charge in [-0.25, -0.2) is 4.39 Å². The van der Waals surface area contributed by atoms with Crippen LogP contribution in [0.1, 0.15) is 18.2 Å². The highest BCUT2D eigenvalue weighted by molar-refractivity contribution is 6.31. The van der Waals surface area contributed by atoms with Crippen molar-refractivity contribution in [3.63, 3.8) is 0 Å². The van der Waals surface area contributed by atoms with Gasteiger partial charge in [-0.2, -0.15) is 15.0 Å². The molecule has 5 nitrogen and oxygen atoms in total. The molecule has 0 aliphatic rings. The number of aliphatic hydroxyl groups excluding tert-OH is 1. The Bertz CT molecular complexity index is 847. The quantitative estimate of drug-likeness (QED) is 0.666. The summed E-state index contributed by atoms with van der Waals surface area (Å²) in [6.45, 7) is 2.74. The maximum atomic E-state index is 14.1. The van der Waals surface area contributed by atoms with Gasteiger partial charge in [-0.05, 0) is 19.1 Å². The van der Waals surface area contributed by atoms with Gasteiger partial charge in [0.25, 0.3) is 0 Å². The summed E-state index contributed by atoms with van der Waals surface area (Å²) in [6, 6.07) is 14.3. The highest BCUT2D eigenvalue weighted by atomic mass is 35.5. The first kappa shape index (κ1) is 18.5. The standard InChI is InChI=1S/C19H20ClFN4O/c1-13(26)10-22-11-18-19(14-6-3-2-4-7-14)24-25(23-18)12-15-16(20)8-5-9-17(15)21/h2-9,13,22,26H,10-12H2,1H3/t13-/m0/s1. The van der Waals surface area contributed by atoms with Gasteiger partial charge in [0.15, 0.2) is 0 Å². The highest BCUT2D eigenvalue weighted by Crippen LogP contribution is 2.23. The predicted octanol–water partition coefficient (Wildman–Crippen LogP) is 3.26. The minimum absolute atomic E-state index is 0.141. The van der Waals surface area contributed by atoms with Crippen molar-refractivity contribution in [2.24, 2.45) is 0 Å². The molecule has 26 heavy (non-hydrogen) atoms. The van der Waals surface area contributed by atoms with E-state index in [1.165, 1.54) is 10.9 Å². The van der Waals surface area contributed by atoms with E-state index in [0.29, 0.717) is 23.7 Å². The Balaban J connectivity index is 1.90. The van der Waals surface area contributed by atoms with Crippen LogP contribution in [-0.2, 0) is 13.1 Å². The summed E-state index contributed by atoms with van der Waals surface area (Å²) in [7, 11) is 0. The van der Waals surface area contributed by atoms with E-state index in [2.05, 4.69) is 15.5 Å². The van der Waals surface area contributed by atoms with Crippen molar-refractivity contribution in [1.82, 2.24) is 20.3 Å². The van der Waals surface area contributed by atoms with Crippen LogP contribution in [0.4, 0.5) is 4.39 Å². The van der Waals surface area contributed by atoms with Gasteiger partial charge in [-0.3, -0.25) is 0 Å². The van der Waals surface area contributed by atoms with Gasteiger partial charge < -0.3 is 10.4 Å². The smallest absolute Gasteiger partial charge is 0.129 e. The summed E-state index contributed by atoms with van der Waals surface area (Å²) in [6.07, 6.45) is -0.456. The summed E-state index contributed by atoms with van der Waals surface area (Å²) in [5, 5.41) is 21.9. The van der Waals surface area contributed by atoms with Gasteiger partial charge in [-0.1, -0.05) is 48.0 Å². The van der Waals surface area contributed by atoms with E-state index < -0.39 is 6.10 Å². The van der Waals surface area contributed by atoms with Crippen LogP contribution < -0.4 is 5.32 Å². The fraction of sp³-hybridized carbons (Fsp3) is 0.263. The number of halogens is 2. The number of aromatic nitrogens is 3. The molecule has 0 saturated heterocycles. The summed E-state index contributed by atoms with van der Waals surface area (Å²) in [5.74, 6) is -0.384. The second-order valence-electron chi connectivity index (χ2n) is 6.07. The second kappa shape index (κ2) is 8.40. The van der Waals surface area contributed by atoms with Crippen LogP contribution in [0.5, 0.6) is 0 Å². The predicted molar refractivity (Wildman–Crippen MR) is 99.4 cm³/mol. The van der Waals surface area contributed by atoms with Crippen LogP contribution in [0.3, 0.4) is 0 Å². The first-order valence-electron chi connectivity index (χ1n) is 8.35. The van der Waals surface area contributed by atoms with Crippen LogP contribution in [-0.4, -0.2) is 32.7 Å². The Kier molecular flexibility index (Phi) is 5.98. The van der Waals surface area contributed by atoms with Gasteiger partial charge in [0.05, 0.1) is 12.6 Å². The lowest BCUT2D eigenvalue weighted by atomic mass is 10.1. The molecule has 1 aromatic heterocycles. The molecule has 0 aliphatic carbocycles. The lowest BCUT2D eigenvalue weighted by molar-refractivity contribution is 0.191. The molecule has 1 atom stereocenters. The fourth-order valence-electron chi connectivity index (χ4n) is 2.62. The van der Waals surface area contributed by atoms with Crippen molar-refractivity contribution in [1.29, 1.82) is 0 Å². The average molecular weight is 375 g/mol. The maximum absolute atomic E-state index is 14.1. The highest BCUT2D eigenvalue weighted by Gasteiger charge is 2.15. The van der Waals surface area contributed by atoms with Crippen molar-refractivity contribution < 1.29 is 9.50 Å². The summed E-state index contributed by atoms with van der Waals surface area (Å²) in [4.78, 5) is 1.45. The van der Waals surface area contributed by atoms with E-state index in [0.717, 1.165) is 17.0 Å². The van der Waals surface area contributed by atoms with Crippen molar-refractivity contribution in [2.75, 3.05) is 6.54 Å². The number of hydrogen-bond donors (Lipinski definition) is 2. The molecule has 1 heterocycles. The summed E-state index contributed by atoms with van der Waals surface area (Å²) < 4.78 is 14.1. The Morgan fingerprint density at radius 3 is 2.62 bits per heavy atom. The molecule has 0 saturated carbocycles. The molecule has 136 valence electrons. The largest absolute Gasteiger partial charge is 0.392 e. The zero-order valence-electron chi connectivity index (χ0n) is 14.4. The minimum atomic E-state index is -0.456. The van der Waals surface area contributed by atoms with E-state index in [-0.39, 0.29) is 12.4 Å². The third-order valence-corrected chi connectivity index (χ3v) is 4.22. The van der Waals surface area contributed by atoms with E-state index >= 15 is 0 Å². The Labute approximate surface area is 156 Å². The van der Waals surface area contributed by atoms with Crippen LogP contribution in [0.15, 0.2) is 48.5 Å². The number of rotatable bonds is 7. The molecule has 3 aromatic rings. The number of nitrogens with one attached hydrogen (secondary N) is 1. The molecular weight excluding hydrogens is 355 g/mol. The molecule has 0 spiro atoms. The second-order valence-corrected chi connectivity index (χ2v) is 6.48. The first-order valence-corrected chi connectivity index (χ1v) is 8.73. The average Bonchev–Trinajstić information content (AvgIpc) is 3.02. The molecule has 7 heteroatoms. The summed E-state index contributed by atoms with van der Waals surface area (Å²) >= 11 is 6.11. The SMILES string of the molecule is C[C@H](O)CNCc1nn(Cc2c(F)cccc2Cl)nc1-c1ccccc1. The van der Waals surface area contributed by atoms with E-state index in [1.807, 2.05) is 30.3 Å². The molecule has 0 unspecified atom stereocenters. The molecular formula is C19H20ClFN4O. The third-order valence-electron chi connectivity index (χ3n) is 3.87. The molecule has 0 fully saturated rings. The number of aliphatic hydroxyl groups is 1. The Hall–Kier alpha value is -2.28. The monoisotopic (exact) mass is 374 g/mol. The first-order chi connectivity index (χ1) is 12.5. The van der Waals surface area contributed by atoms with E-state index in [9.17, 15) is 9.50 Å². The van der Waals surface area contributed by atoms with Crippen molar-refractivity contribution in [3.8, 4) is 11.3 Å². The molecule has 2 N–H and O–H groups in total. The molecule has 0 bridgehead atoms. The van der Waals surface area contributed by atoms with Crippen LogP contribution in [0.25, 0.3) is 11.3 Å². The fourth-order valence-corrected chi connectivity index (χ4v) is 2.84. The molecule has 0 amide bonds. The molecule has 0 aliphatic heterocycles. The van der Waals surface area contributed by atoms with Crippen molar-refractivity contribution in [2.45, 2.75) is 26.1 Å². The minimum Gasteiger partial charge on any atom is -0.392 e. The zero-order chi connectivity index (χ0) is 18.5. The van der Waals surface area contributed by atoms with Crippen molar-refractivity contribution >= 4 is 11.6 Å². The topological polar surface area (TPSA) is 63.0 Å². The molecule has 3 rings (SSSR count). The van der Waals surface area contributed by atoms with Gasteiger partial charge >= 0.3 is 0 Å². The number of hydrogen-bond acceptors (Lipinski definition) is 4. The van der Waals surface area contributed by atoms with Gasteiger partial charge in [0, 0.05) is 29.2 Å². The summed E-state index contributed by atoms with van der Waals surface area (Å²) in [5.41, 5.74) is 2.72. The Morgan fingerprint density at radius 2 is 1.92 bits per heavy atom. The van der Waals surface area contributed by atoms with Crippen molar-refractivity contribution in [3.05, 3.63) is 70.6 Å². The van der Waals surface area contributed by atoms with Gasteiger partial charge in [0.2, 0.25) is 0 Å². The van der Waals surface area contributed by atoms with E-state index in [4.69, 9.17) is 11.6 Å². The molecule has 2 aromatic carbocycles. The number of nitrogens with zero attached hydrogens (tertiary/aromatic N) is 3. The Morgan fingerprint density at radius 1 is 1.15 bits per heavy atom. The van der Waals surface area contributed by atoms with Gasteiger partial charge in [-0.15, -0.1) is 0 Å². The lowest BCUT2D eigenvalue weighted by Crippen LogP contribution is -2.24. The van der Waals surface area contributed by atoms with Gasteiger partial charge in [0.1, 0.15) is 17.2 Å². The normalized spacial score (nSPS) is 12.3. The van der Waals surface area contributed by atoms with E-state index in [1.54, 1.807) is 19.1 Å². The van der Waals surface area contributed by atoms with Crippen LogP contribution in [0.2, 0.25) is 5.02 Å². The van der Waals surface area contributed by atoms with Crippen LogP contribution in [0, 0.1) is 5.82 Å². The molecule has 0 radical (unpaired) electrons.